The van der Waals surface area contributed by atoms with Gasteiger partial charge in [0.15, 0.2) is 5.17 Å². The van der Waals surface area contributed by atoms with Crippen LogP contribution in [0.1, 0.15) is 36.8 Å². The number of anilines is 1. The lowest BCUT2D eigenvalue weighted by molar-refractivity contribution is 0.102. The Kier molecular flexibility index (Phi) is 5.82. The maximum atomic E-state index is 14.7. The number of halogens is 3. The molecule has 2 aromatic rings. The maximum Gasteiger partial charge on any atom is 0.274 e. The number of rotatable bonds is 4. The zero-order chi connectivity index (χ0) is 21.4. The fourth-order valence-electron chi connectivity index (χ4n) is 3.28. The van der Waals surface area contributed by atoms with Crippen molar-refractivity contribution in [3.8, 4) is 0 Å². The number of carbonyl (C=O) groups excluding carboxylic acids is 1. The van der Waals surface area contributed by atoms with Crippen LogP contribution >= 0.6 is 23.4 Å². The lowest BCUT2D eigenvalue weighted by Crippen LogP contribution is -2.49. The highest BCUT2D eigenvalue weighted by molar-refractivity contribution is 8.15. The number of nitrogens with one attached hydrogen (secondary N) is 1. The van der Waals surface area contributed by atoms with Gasteiger partial charge in [-0.25, -0.2) is 14.4 Å². The number of aliphatic imine (C=N–C) groups is 1. The predicted molar refractivity (Wildman–Crippen MR) is 112 cm³/mol. The van der Waals surface area contributed by atoms with E-state index in [1.165, 1.54) is 30.6 Å². The molecule has 0 unspecified atom stereocenters. The van der Waals surface area contributed by atoms with E-state index in [0.717, 1.165) is 11.8 Å². The lowest BCUT2D eigenvalue weighted by atomic mass is 9.74. The molecule has 0 bridgehead atoms. The summed E-state index contributed by atoms with van der Waals surface area (Å²) in [6, 6.07) is 4.45. The summed E-state index contributed by atoms with van der Waals surface area (Å²) in [7, 11) is 0. The molecular weight excluding hydrogens is 420 g/mol. The van der Waals surface area contributed by atoms with Crippen LogP contribution in [-0.2, 0) is 5.54 Å². The summed E-state index contributed by atoms with van der Waals surface area (Å²) in [5.74, 6) is -1.67. The minimum absolute atomic E-state index is 0.120. The number of hydrogen-bond acceptors (Lipinski definition) is 6. The van der Waals surface area contributed by atoms with Gasteiger partial charge in [0.05, 0.1) is 27.2 Å². The molecule has 154 valence electrons. The smallest absolute Gasteiger partial charge is 0.274 e. The molecular formula is C19H20ClF2N5OS. The molecule has 1 aliphatic heterocycles. The highest BCUT2D eigenvalue weighted by Crippen LogP contribution is 2.50. The molecule has 0 spiro atoms. The van der Waals surface area contributed by atoms with Crippen molar-refractivity contribution < 1.29 is 13.6 Å². The second kappa shape index (κ2) is 7.87. The van der Waals surface area contributed by atoms with Crippen molar-refractivity contribution in [2.75, 3.05) is 12.0 Å². The van der Waals surface area contributed by atoms with E-state index in [2.05, 4.69) is 20.3 Å². The Morgan fingerprint density at radius 3 is 2.69 bits per heavy atom. The zero-order valence-corrected chi connectivity index (χ0v) is 17.6. The maximum absolute atomic E-state index is 14.7. The number of alkyl halides is 1. The molecule has 1 amide bonds. The number of amidine groups is 1. The van der Waals surface area contributed by atoms with Crippen LogP contribution in [-0.4, -0.2) is 32.5 Å². The van der Waals surface area contributed by atoms with Gasteiger partial charge in [0.2, 0.25) is 5.95 Å². The fourth-order valence-corrected chi connectivity index (χ4v) is 4.57. The van der Waals surface area contributed by atoms with Crippen LogP contribution in [0, 0.1) is 11.9 Å². The van der Waals surface area contributed by atoms with Crippen molar-refractivity contribution in [1.29, 1.82) is 0 Å². The Morgan fingerprint density at radius 1 is 1.34 bits per heavy atom. The lowest BCUT2D eigenvalue weighted by Gasteiger charge is -2.46. The third-order valence-corrected chi connectivity index (χ3v) is 6.76. The van der Waals surface area contributed by atoms with Gasteiger partial charge in [-0.2, -0.15) is 4.39 Å². The molecule has 0 aliphatic carbocycles. The van der Waals surface area contributed by atoms with E-state index in [9.17, 15) is 13.6 Å². The first kappa shape index (κ1) is 21.4. The van der Waals surface area contributed by atoms with Crippen LogP contribution in [0.4, 0.5) is 14.5 Å². The Balaban J connectivity index is 1.97. The largest absolute Gasteiger partial charge is 0.378 e. The van der Waals surface area contributed by atoms with Crippen molar-refractivity contribution in [1.82, 2.24) is 9.97 Å². The van der Waals surface area contributed by atoms with E-state index in [1.807, 2.05) is 0 Å². The van der Waals surface area contributed by atoms with E-state index < -0.39 is 34.7 Å². The van der Waals surface area contributed by atoms with E-state index in [4.69, 9.17) is 17.3 Å². The SMILES string of the molecule is C[C@@H]1[C@@](C)(CF)SC(N)=N[C@]1(C)c1cc(NC(=O)c2ccc(Cl)cn2)cnc1F. The quantitative estimate of drug-likeness (QED) is 0.697. The highest BCUT2D eigenvalue weighted by Gasteiger charge is 2.50. The summed E-state index contributed by atoms with van der Waals surface area (Å²) in [4.78, 5) is 24.5. The number of hydrogen-bond donors (Lipinski definition) is 2. The third-order valence-electron chi connectivity index (χ3n) is 5.31. The van der Waals surface area contributed by atoms with Crippen molar-refractivity contribution in [3.63, 3.8) is 0 Å². The second-order valence-electron chi connectivity index (χ2n) is 7.25. The summed E-state index contributed by atoms with van der Waals surface area (Å²) in [5.41, 5.74) is 5.29. The van der Waals surface area contributed by atoms with Crippen molar-refractivity contribution >= 4 is 40.1 Å². The molecule has 0 fully saturated rings. The molecule has 3 rings (SSSR count). The summed E-state index contributed by atoms with van der Waals surface area (Å²) in [5, 5.41) is 3.20. The monoisotopic (exact) mass is 439 g/mol. The van der Waals surface area contributed by atoms with Gasteiger partial charge in [0, 0.05) is 17.7 Å². The van der Waals surface area contributed by atoms with Gasteiger partial charge in [-0.05, 0) is 32.0 Å². The topological polar surface area (TPSA) is 93.3 Å². The Morgan fingerprint density at radius 2 is 2.07 bits per heavy atom. The molecule has 0 saturated carbocycles. The van der Waals surface area contributed by atoms with Gasteiger partial charge in [0.25, 0.3) is 5.91 Å². The summed E-state index contributed by atoms with van der Waals surface area (Å²) in [6.45, 7) is 4.55. The van der Waals surface area contributed by atoms with E-state index in [-0.39, 0.29) is 22.1 Å². The summed E-state index contributed by atoms with van der Waals surface area (Å²) < 4.78 is 27.6. The Bertz CT molecular complexity index is 974. The number of nitrogens with zero attached hydrogens (tertiary/aromatic N) is 3. The molecule has 3 N–H and O–H groups in total. The number of nitrogens with two attached hydrogens (primary N) is 1. The Hall–Kier alpha value is -2.26. The average molecular weight is 440 g/mol. The van der Waals surface area contributed by atoms with Gasteiger partial charge >= 0.3 is 0 Å². The van der Waals surface area contributed by atoms with Crippen molar-refractivity contribution in [2.24, 2.45) is 16.6 Å². The van der Waals surface area contributed by atoms with Crippen LogP contribution < -0.4 is 11.1 Å². The number of aromatic nitrogens is 2. The molecule has 29 heavy (non-hydrogen) atoms. The van der Waals surface area contributed by atoms with Crippen LogP contribution in [0.15, 0.2) is 35.6 Å². The molecule has 1 aliphatic rings. The number of carbonyl (C=O) groups is 1. The summed E-state index contributed by atoms with van der Waals surface area (Å²) >= 11 is 6.91. The van der Waals surface area contributed by atoms with Crippen LogP contribution in [0.5, 0.6) is 0 Å². The van der Waals surface area contributed by atoms with Crippen LogP contribution in [0.2, 0.25) is 5.02 Å². The molecule has 3 heterocycles. The van der Waals surface area contributed by atoms with Gasteiger partial charge < -0.3 is 11.1 Å². The highest BCUT2D eigenvalue weighted by atomic mass is 35.5. The zero-order valence-electron chi connectivity index (χ0n) is 16.0. The minimum Gasteiger partial charge on any atom is -0.378 e. The number of amides is 1. The Labute approximate surface area is 176 Å². The molecule has 0 radical (unpaired) electrons. The van der Waals surface area contributed by atoms with Gasteiger partial charge in [0.1, 0.15) is 12.4 Å². The van der Waals surface area contributed by atoms with Crippen molar-refractivity contribution in [3.05, 3.63) is 52.8 Å². The fraction of sp³-hybridized carbons (Fsp3) is 0.368. The molecule has 0 aromatic carbocycles. The van der Waals surface area contributed by atoms with Gasteiger partial charge in [-0.3, -0.25) is 9.79 Å². The second-order valence-corrected chi connectivity index (χ2v) is 9.24. The minimum atomic E-state index is -1.16. The molecule has 3 atom stereocenters. The van der Waals surface area contributed by atoms with E-state index in [1.54, 1.807) is 20.8 Å². The van der Waals surface area contributed by atoms with Crippen molar-refractivity contribution in [2.45, 2.75) is 31.1 Å². The van der Waals surface area contributed by atoms with E-state index >= 15 is 0 Å². The van der Waals surface area contributed by atoms with Gasteiger partial charge in [-0.1, -0.05) is 30.3 Å². The first-order valence-corrected chi connectivity index (χ1v) is 9.98. The van der Waals surface area contributed by atoms with Crippen LogP contribution in [0.3, 0.4) is 0 Å². The molecule has 10 heteroatoms. The standard InChI is InChI=1S/C19H20ClF2N5OS/c1-10-18(2,9-21)29-17(23)27-19(10,3)13-6-12(8-25-15(13)22)26-16(28)14-5-4-11(20)7-24-14/h4-8,10H,9H2,1-3H3,(H2,23,27)(H,26,28)/t10-,18-,19+/m1/s1. The number of pyridine rings is 2. The first-order chi connectivity index (χ1) is 13.6. The average Bonchev–Trinajstić information content (AvgIpc) is 2.68. The van der Waals surface area contributed by atoms with Gasteiger partial charge in [-0.15, -0.1) is 0 Å². The molecule has 2 aromatic heterocycles. The summed E-state index contributed by atoms with van der Waals surface area (Å²) in [6.07, 6.45) is 2.54. The number of thioether (sulfide) groups is 1. The van der Waals surface area contributed by atoms with Crippen LogP contribution in [0.25, 0.3) is 0 Å². The molecule has 0 saturated heterocycles. The third kappa shape index (κ3) is 4.06. The predicted octanol–water partition coefficient (Wildman–Crippen LogP) is 4.16. The first-order valence-electron chi connectivity index (χ1n) is 8.78. The van der Waals surface area contributed by atoms with E-state index in [0.29, 0.717) is 5.02 Å². The molecule has 6 nitrogen and oxygen atoms in total. The normalized spacial score (nSPS) is 26.7.